The van der Waals surface area contributed by atoms with Gasteiger partial charge in [-0.2, -0.15) is 0 Å². The smallest absolute Gasteiger partial charge is 0.344 e. The molecule has 0 saturated heterocycles. The van der Waals surface area contributed by atoms with Crippen molar-refractivity contribution in [1.82, 2.24) is 0 Å². The summed E-state index contributed by atoms with van der Waals surface area (Å²) in [7, 11) is 0. The molecule has 0 aliphatic carbocycles. The molecule has 0 unspecified atom stereocenters. The average molecular weight is 327 g/mol. The molecule has 0 fully saturated rings. The van der Waals surface area contributed by atoms with Crippen LogP contribution in [0.25, 0.3) is 0 Å². The van der Waals surface area contributed by atoms with Gasteiger partial charge in [0.15, 0.2) is 19.0 Å². The standard InChI is InChI=1S/C18H17NO5/c1-13(20)14-7-9-15(10-8-14)19-17(21)11-24-18(22)12-23-16-5-3-2-4-6-16/h2-10H,11-12H2,1H3,(H,19,21). The number of amides is 1. The Kier molecular flexibility index (Phi) is 6.08. The van der Waals surface area contributed by atoms with Crippen molar-refractivity contribution < 1.29 is 23.9 Å². The van der Waals surface area contributed by atoms with Crippen LogP contribution in [0.1, 0.15) is 17.3 Å². The molecule has 0 aliphatic heterocycles. The van der Waals surface area contributed by atoms with Gasteiger partial charge in [0.25, 0.3) is 5.91 Å². The van der Waals surface area contributed by atoms with Crippen LogP contribution in [-0.4, -0.2) is 30.9 Å². The molecule has 0 radical (unpaired) electrons. The third-order valence-electron chi connectivity index (χ3n) is 3.04. The minimum absolute atomic E-state index is 0.0553. The average Bonchev–Trinajstić information content (AvgIpc) is 2.59. The van der Waals surface area contributed by atoms with E-state index in [4.69, 9.17) is 9.47 Å². The van der Waals surface area contributed by atoms with E-state index in [1.165, 1.54) is 6.92 Å². The second-order valence-electron chi connectivity index (χ2n) is 4.94. The summed E-state index contributed by atoms with van der Waals surface area (Å²) in [5.74, 6) is -0.621. The van der Waals surface area contributed by atoms with Gasteiger partial charge in [-0.05, 0) is 43.3 Å². The van der Waals surface area contributed by atoms with Crippen molar-refractivity contribution in [3.05, 3.63) is 60.2 Å². The molecule has 1 N–H and O–H groups in total. The van der Waals surface area contributed by atoms with Gasteiger partial charge in [0.2, 0.25) is 0 Å². The lowest BCUT2D eigenvalue weighted by atomic mass is 10.1. The van der Waals surface area contributed by atoms with Gasteiger partial charge in [0.05, 0.1) is 0 Å². The number of ether oxygens (including phenoxy) is 2. The number of benzene rings is 2. The largest absolute Gasteiger partial charge is 0.482 e. The summed E-state index contributed by atoms with van der Waals surface area (Å²) in [4.78, 5) is 34.4. The Balaban J connectivity index is 1.72. The van der Waals surface area contributed by atoms with Crippen molar-refractivity contribution in [1.29, 1.82) is 0 Å². The summed E-state index contributed by atoms with van der Waals surface area (Å²) < 4.78 is 10.0. The van der Waals surface area contributed by atoms with Gasteiger partial charge in [-0.15, -0.1) is 0 Å². The van der Waals surface area contributed by atoms with E-state index >= 15 is 0 Å². The van der Waals surface area contributed by atoms with Crippen molar-refractivity contribution in [2.45, 2.75) is 6.92 Å². The second kappa shape index (κ2) is 8.47. The number of ketones is 1. The number of para-hydroxylation sites is 1. The maximum absolute atomic E-state index is 11.7. The molecular weight excluding hydrogens is 310 g/mol. The summed E-state index contributed by atoms with van der Waals surface area (Å²) in [6, 6.07) is 15.3. The van der Waals surface area contributed by atoms with E-state index < -0.39 is 18.5 Å². The molecule has 24 heavy (non-hydrogen) atoms. The number of esters is 1. The lowest BCUT2D eigenvalue weighted by Crippen LogP contribution is -2.23. The molecule has 124 valence electrons. The molecule has 6 heteroatoms. The summed E-state index contributed by atoms with van der Waals surface area (Å²) in [6.45, 7) is 0.778. The van der Waals surface area contributed by atoms with Crippen molar-refractivity contribution in [2.24, 2.45) is 0 Å². The molecule has 1 amide bonds. The fourth-order valence-corrected chi connectivity index (χ4v) is 1.83. The van der Waals surface area contributed by atoms with Crippen molar-refractivity contribution >= 4 is 23.3 Å². The molecule has 6 nitrogen and oxygen atoms in total. The van der Waals surface area contributed by atoms with Crippen molar-refractivity contribution in [3.63, 3.8) is 0 Å². The molecule has 0 heterocycles. The SMILES string of the molecule is CC(=O)c1ccc(NC(=O)COC(=O)COc2ccccc2)cc1. The normalized spacial score (nSPS) is 9.88. The van der Waals surface area contributed by atoms with Crippen LogP contribution in [0.5, 0.6) is 5.75 Å². The molecule has 0 saturated carbocycles. The first-order valence-electron chi connectivity index (χ1n) is 7.29. The zero-order valence-corrected chi connectivity index (χ0v) is 13.2. The monoisotopic (exact) mass is 327 g/mol. The Morgan fingerprint density at radius 1 is 0.917 bits per heavy atom. The number of Topliss-reactive ketones (excluding diaryl/α,β-unsaturated/α-hetero) is 1. The Hall–Kier alpha value is -3.15. The van der Waals surface area contributed by atoms with Gasteiger partial charge in [0, 0.05) is 11.3 Å². The maximum Gasteiger partial charge on any atom is 0.344 e. The zero-order valence-electron chi connectivity index (χ0n) is 13.2. The Morgan fingerprint density at radius 2 is 1.58 bits per heavy atom. The second-order valence-corrected chi connectivity index (χ2v) is 4.94. The summed E-state index contributed by atoms with van der Waals surface area (Å²) in [6.07, 6.45) is 0. The van der Waals surface area contributed by atoms with Crippen LogP contribution in [0.15, 0.2) is 54.6 Å². The number of hydrogen-bond donors (Lipinski definition) is 1. The number of hydrogen-bond acceptors (Lipinski definition) is 5. The molecule has 0 aromatic heterocycles. The molecule has 2 rings (SSSR count). The molecule has 0 atom stereocenters. The van der Waals surface area contributed by atoms with E-state index in [1.807, 2.05) is 6.07 Å². The molecule has 2 aromatic rings. The van der Waals surface area contributed by atoms with E-state index in [0.29, 0.717) is 17.0 Å². The van der Waals surface area contributed by atoms with Gasteiger partial charge >= 0.3 is 5.97 Å². The number of anilines is 1. The minimum atomic E-state index is -0.638. The van der Waals surface area contributed by atoms with E-state index in [1.54, 1.807) is 48.5 Å². The number of nitrogens with one attached hydrogen (secondary N) is 1. The van der Waals surface area contributed by atoms with Gasteiger partial charge in [0.1, 0.15) is 5.75 Å². The van der Waals surface area contributed by atoms with Gasteiger partial charge in [-0.25, -0.2) is 4.79 Å². The van der Waals surface area contributed by atoms with Crippen LogP contribution in [0, 0.1) is 0 Å². The number of carbonyl (C=O) groups excluding carboxylic acids is 3. The van der Waals surface area contributed by atoms with Crippen LogP contribution in [0.2, 0.25) is 0 Å². The van der Waals surface area contributed by atoms with E-state index in [2.05, 4.69) is 5.32 Å². The third kappa shape index (κ3) is 5.57. The topological polar surface area (TPSA) is 81.7 Å². The van der Waals surface area contributed by atoms with E-state index in [0.717, 1.165) is 0 Å². The Labute approximate surface area is 139 Å². The Morgan fingerprint density at radius 3 is 2.21 bits per heavy atom. The lowest BCUT2D eigenvalue weighted by molar-refractivity contribution is -0.149. The fraction of sp³-hybridized carbons (Fsp3) is 0.167. The molecule has 0 spiro atoms. The lowest BCUT2D eigenvalue weighted by Gasteiger charge is -2.08. The highest BCUT2D eigenvalue weighted by molar-refractivity contribution is 5.96. The quantitative estimate of drug-likeness (QED) is 0.624. The highest BCUT2D eigenvalue weighted by Crippen LogP contribution is 2.10. The van der Waals surface area contributed by atoms with Crippen molar-refractivity contribution in [2.75, 3.05) is 18.5 Å². The molecule has 0 bridgehead atoms. The van der Waals surface area contributed by atoms with Crippen LogP contribution in [-0.2, 0) is 14.3 Å². The zero-order chi connectivity index (χ0) is 17.4. The molecule has 0 aliphatic rings. The van der Waals surface area contributed by atoms with E-state index in [9.17, 15) is 14.4 Å². The maximum atomic E-state index is 11.7. The van der Waals surface area contributed by atoms with Gasteiger partial charge in [-0.1, -0.05) is 18.2 Å². The highest BCUT2D eigenvalue weighted by Gasteiger charge is 2.09. The van der Waals surface area contributed by atoms with Crippen LogP contribution in [0.3, 0.4) is 0 Å². The predicted octanol–water partition coefficient (Wildman–Crippen LogP) is 2.45. The first kappa shape index (κ1) is 17.2. The first-order chi connectivity index (χ1) is 11.5. The summed E-state index contributed by atoms with van der Waals surface area (Å²) in [5.41, 5.74) is 1.07. The predicted molar refractivity (Wildman–Crippen MR) is 88.0 cm³/mol. The third-order valence-corrected chi connectivity index (χ3v) is 3.04. The first-order valence-corrected chi connectivity index (χ1v) is 7.29. The Bertz CT molecular complexity index is 710. The van der Waals surface area contributed by atoms with E-state index in [-0.39, 0.29) is 12.4 Å². The number of rotatable bonds is 7. The van der Waals surface area contributed by atoms with Gasteiger partial charge < -0.3 is 14.8 Å². The van der Waals surface area contributed by atoms with Crippen molar-refractivity contribution in [3.8, 4) is 5.75 Å². The summed E-state index contributed by atoms with van der Waals surface area (Å²) in [5, 5.41) is 2.57. The fourth-order valence-electron chi connectivity index (χ4n) is 1.83. The minimum Gasteiger partial charge on any atom is -0.482 e. The van der Waals surface area contributed by atoms with Crippen LogP contribution < -0.4 is 10.1 Å². The molecular formula is C18H17NO5. The highest BCUT2D eigenvalue weighted by atomic mass is 16.6. The summed E-state index contributed by atoms with van der Waals surface area (Å²) >= 11 is 0. The van der Waals surface area contributed by atoms with Crippen LogP contribution in [0.4, 0.5) is 5.69 Å². The van der Waals surface area contributed by atoms with Crippen LogP contribution >= 0.6 is 0 Å². The molecule has 2 aromatic carbocycles. The number of carbonyl (C=O) groups is 3. The van der Waals surface area contributed by atoms with Gasteiger partial charge in [-0.3, -0.25) is 9.59 Å².